The Morgan fingerprint density at radius 2 is 1.52 bits per heavy atom. The minimum Gasteiger partial charge on any atom is -0.506 e. The molecule has 0 bridgehead atoms. The van der Waals surface area contributed by atoms with Crippen molar-refractivity contribution in [3.8, 4) is 28.1 Å². The normalized spacial score (nSPS) is 21.0. The fraction of sp³-hybridized carbons (Fsp3) is 0.359. The number of rotatable bonds is 14. The first-order valence-electron chi connectivity index (χ1n) is 17.3. The Balaban J connectivity index is 1.42. The zero-order chi connectivity index (χ0) is 39.3. The van der Waals surface area contributed by atoms with Crippen molar-refractivity contribution in [2.24, 2.45) is 0 Å². The van der Waals surface area contributed by atoms with Crippen LogP contribution in [0.5, 0.6) is 5.75 Å². The molecule has 0 spiro atoms. The molecule has 288 valence electrons. The number of phenols is 1. The van der Waals surface area contributed by atoms with Gasteiger partial charge in [0.1, 0.15) is 29.9 Å². The third kappa shape index (κ3) is 8.95. The highest BCUT2D eigenvalue weighted by atomic mass is 19.1. The second kappa shape index (κ2) is 17.3. The summed E-state index contributed by atoms with van der Waals surface area (Å²) < 4.78 is 26.0. The van der Waals surface area contributed by atoms with Gasteiger partial charge in [0.05, 0.1) is 35.6 Å². The first-order valence-corrected chi connectivity index (χ1v) is 17.3. The van der Waals surface area contributed by atoms with E-state index in [9.17, 15) is 54.5 Å². The molecule has 14 nitrogen and oxygen atoms in total. The van der Waals surface area contributed by atoms with Crippen LogP contribution in [0.3, 0.4) is 0 Å². The fourth-order valence-corrected chi connectivity index (χ4v) is 6.57. The monoisotopic (exact) mass is 750 g/mol. The summed E-state index contributed by atoms with van der Waals surface area (Å²) in [7, 11) is 0. The molecule has 8 N–H and O–H groups in total. The van der Waals surface area contributed by atoms with Gasteiger partial charge in [-0.2, -0.15) is 0 Å². The molecule has 0 aliphatic carbocycles. The van der Waals surface area contributed by atoms with Gasteiger partial charge in [0.2, 0.25) is 6.29 Å². The van der Waals surface area contributed by atoms with Crippen LogP contribution in [0.1, 0.15) is 55.1 Å². The number of hydrogen-bond donors (Lipinski definition) is 8. The highest BCUT2D eigenvalue weighted by Crippen LogP contribution is 2.43. The topological polar surface area (TPSA) is 228 Å². The molecular formula is C39H43FN2O12. The number of aliphatic hydroxyl groups is 5. The van der Waals surface area contributed by atoms with Gasteiger partial charge in [-0.15, -0.1) is 0 Å². The number of anilines is 1. The van der Waals surface area contributed by atoms with E-state index in [-0.39, 0.29) is 36.7 Å². The molecule has 1 aliphatic heterocycles. The van der Waals surface area contributed by atoms with Crippen LogP contribution >= 0.6 is 0 Å². The van der Waals surface area contributed by atoms with Crippen LogP contribution in [0.2, 0.25) is 0 Å². The molecule has 0 radical (unpaired) electrons. The molecule has 0 unspecified atom stereocenters. The smallest absolute Gasteiger partial charge is 0.335 e. The largest absolute Gasteiger partial charge is 0.506 e. The average molecular weight is 751 g/mol. The minimum absolute atomic E-state index is 0.0122. The number of nitrogens with one attached hydrogen (secondary N) is 1. The lowest BCUT2D eigenvalue weighted by Crippen LogP contribution is -2.60. The number of amides is 1. The predicted molar refractivity (Wildman–Crippen MR) is 192 cm³/mol. The molecular weight excluding hydrogens is 707 g/mol. The summed E-state index contributed by atoms with van der Waals surface area (Å²) in [6.45, 7) is 3.88. The van der Waals surface area contributed by atoms with Crippen molar-refractivity contribution in [2.45, 2.75) is 88.5 Å². The first kappa shape index (κ1) is 40.0. The molecule has 3 aromatic carbocycles. The lowest BCUT2D eigenvalue weighted by molar-refractivity contribution is -0.286. The number of para-hydroxylation sites is 2. The number of ether oxygens (including phenoxy) is 2. The Hall–Kier alpha value is -5.16. The van der Waals surface area contributed by atoms with Crippen LogP contribution in [-0.4, -0.2) is 101 Å². The third-order valence-corrected chi connectivity index (χ3v) is 9.10. The molecule has 4 aromatic rings. The van der Waals surface area contributed by atoms with Gasteiger partial charge < -0.3 is 55.1 Å². The molecule has 7 atom stereocenters. The van der Waals surface area contributed by atoms with E-state index in [2.05, 4.69) is 5.32 Å². The molecule has 1 amide bonds. The lowest BCUT2D eigenvalue weighted by Gasteiger charge is -2.38. The zero-order valence-electron chi connectivity index (χ0n) is 29.4. The van der Waals surface area contributed by atoms with E-state index in [1.54, 1.807) is 30.3 Å². The van der Waals surface area contributed by atoms with Gasteiger partial charge in [-0.05, 0) is 66.3 Å². The fourth-order valence-electron chi connectivity index (χ4n) is 6.57. The number of nitrogens with zero attached hydrogens (tertiary/aromatic N) is 1. The summed E-state index contributed by atoms with van der Waals surface area (Å²) in [6, 6.07) is 21.2. The van der Waals surface area contributed by atoms with E-state index in [1.165, 1.54) is 18.2 Å². The van der Waals surface area contributed by atoms with Gasteiger partial charge in [-0.3, -0.25) is 9.59 Å². The van der Waals surface area contributed by atoms with E-state index < -0.39 is 73.0 Å². The number of aromatic hydroxyl groups is 1. The van der Waals surface area contributed by atoms with Crippen molar-refractivity contribution in [1.82, 2.24) is 4.57 Å². The summed E-state index contributed by atoms with van der Waals surface area (Å²) >= 11 is 0. The van der Waals surface area contributed by atoms with E-state index in [0.717, 1.165) is 0 Å². The minimum atomic E-state index is -1.99. The summed E-state index contributed by atoms with van der Waals surface area (Å²) in [5.41, 5.74) is 3.41. The Kier molecular flexibility index (Phi) is 12.8. The Morgan fingerprint density at radius 1 is 0.870 bits per heavy atom. The van der Waals surface area contributed by atoms with Crippen LogP contribution < -0.4 is 5.32 Å². The van der Waals surface area contributed by atoms with Crippen LogP contribution in [0.25, 0.3) is 22.4 Å². The molecule has 1 aliphatic rings. The molecule has 54 heavy (non-hydrogen) atoms. The predicted octanol–water partition coefficient (Wildman–Crippen LogP) is 3.37. The van der Waals surface area contributed by atoms with Crippen LogP contribution in [0, 0.1) is 5.82 Å². The van der Waals surface area contributed by atoms with Crippen LogP contribution in [-0.2, 0) is 25.6 Å². The van der Waals surface area contributed by atoms with Crippen LogP contribution in [0.4, 0.5) is 10.1 Å². The number of aliphatic hydroxyl groups excluding tert-OH is 5. The molecule has 1 saturated heterocycles. The number of carbonyl (C=O) groups is 3. The molecule has 2 heterocycles. The van der Waals surface area contributed by atoms with Gasteiger partial charge in [0, 0.05) is 17.8 Å². The molecule has 1 fully saturated rings. The SMILES string of the molecule is CC(C)c1c(C(=O)Nc2ccccc2O)c(-c2ccccc2)c(-c2ccc(F)cc2)n1CC[C@@H](O)C[C@@H](O)CC(=O)O[C@@H]1O[C@H](C(=O)O)[C@@H](O)[C@H](O)[C@H]1O. The van der Waals surface area contributed by atoms with Crippen LogP contribution in [0.15, 0.2) is 78.9 Å². The number of halogens is 1. The Bertz CT molecular complexity index is 1930. The molecule has 15 heteroatoms. The van der Waals surface area contributed by atoms with Gasteiger partial charge in [0.25, 0.3) is 5.91 Å². The van der Waals surface area contributed by atoms with Crippen molar-refractivity contribution < 1.29 is 64.0 Å². The number of phenolic OH excluding ortho intramolecular Hbond substituents is 1. The number of carboxylic acids is 1. The molecule has 0 saturated carbocycles. The average Bonchev–Trinajstić information content (AvgIpc) is 3.48. The number of aromatic nitrogens is 1. The van der Waals surface area contributed by atoms with Crippen molar-refractivity contribution in [3.05, 3.63) is 95.9 Å². The van der Waals surface area contributed by atoms with Crippen molar-refractivity contribution in [2.75, 3.05) is 5.32 Å². The van der Waals surface area contributed by atoms with E-state index >= 15 is 0 Å². The van der Waals surface area contributed by atoms with Gasteiger partial charge >= 0.3 is 11.9 Å². The number of esters is 1. The molecule has 5 rings (SSSR count). The summed E-state index contributed by atoms with van der Waals surface area (Å²) in [5, 5.41) is 74.3. The highest BCUT2D eigenvalue weighted by Gasteiger charge is 2.48. The van der Waals surface area contributed by atoms with Gasteiger partial charge in [-0.1, -0.05) is 56.3 Å². The number of carbonyl (C=O) groups excluding carboxylic acids is 2. The van der Waals surface area contributed by atoms with Crippen molar-refractivity contribution in [3.63, 3.8) is 0 Å². The maximum absolute atomic E-state index is 14.3. The second-order valence-electron chi connectivity index (χ2n) is 13.4. The summed E-state index contributed by atoms with van der Waals surface area (Å²) in [4.78, 5) is 38.2. The van der Waals surface area contributed by atoms with Crippen molar-refractivity contribution >= 4 is 23.5 Å². The summed E-state index contributed by atoms with van der Waals surface area (Å²) in [6.07, 6.45) is -13.6. The van der Waals surface area contributed by atoms with Gasteiger partial charge in [0.15, 0.2) is 6.10 Å². The number of aliphatic carboxylic acids is 1. The highest BCUT2D eigenvalue weighted by molar-refractivity contribution is 6.13. The Labute approximate surface area is 309 Å². The first-order chi connectivity index (χ1) is 25.7. The quantitative estimate of drug-likeness (QED) is 0.0686. The number of carboxylic acid groups (broad SMARTS) is 1. The zero-order valence-corrected chi connectivity index (χ0v) is 29.4. The standard InChI is InChI=1S/C39H43FN2O12/c1-20(2)31-30(37(50)41-26-10-6-7-11-27(26)45)29(21-8-4-3-5-9-21)32(22-12-14-23(40)15-13-22)42(31)17-16-24(43)18-25(44)19-28(46)53-39-35(49)33(47)34(48)36(54-39)38(51)52/h3-15,20,24-25,33-36,39,43-45,47-49H,16-19H2,1-2H3,(H,41,50)(H,51,52)/t24-,25-,33+,34+,35-,36+,39-/m1/s1. The van der Waals surface area contributed by atoms with Gasteiger partial charge in [-0.25, -0.2) is 9.18 Å². The van der Waals surface area contributed by atoms with E-state index in [0.29, 0.717) is 33.6 Å². The second-order valence-corrected chi connectivity index (χ2v) is 13.4. The molecule has 1 aromatic heterocycles. The maximum atomic E-state index is 14.3. The summed E-state index contributed by atoms with van der Waals surface area (Å²) in [5.74, 6) is -4.19. The maximum Gasteiger partial charge on any atom is 0.335 e. The van der Waals surface area contributed by atoms with Crippen molar-refractivity contribution in [1.29, 1.82) is 0 Å². The Morgan fingerprint density at radius 3 is 2.15 bits per heavy atom. The number of benzene rings is 3. The van der Waals surface area contributed by atoms with E-state index in [1.807, 2.05) is 48.7 Å². The third-order valence-electron chi connectivity index (χ3n) is 9.10. The number of hydrogen-bond acceptors (Lipinski definition) is 11. The lowest BCUT2D eigenvalue weighted by atomic mass is 9.94. The van der Waals surface area contributed by atoms with E-state index in [4.69, 9.17) is 9.47 Å².